The third kappa shape index (κ3) is 3.18. The van der Waals surface area contributed by atoms with Crippen molar-refractivity contribution in [2.24, 2.45) is 4.99 Å². The Bertz CT molecular complexity index is 879. The number of thiazole rings is 1. The van der Waals surface area contributed by atoms with Crippen molar-refractivity contribution in [3.05, 3.63) is 68.8 Å². The van der Waals surface area contributed by atoms with E-state index in [0.717, 1.165) is 5.56 Å². The third-order valence-corrected chi connectivity index (χ3v) is 4.17. The minimum Gasteiger partial charge on any atom is -0.361 e. The van der Waals surface area contributed by atoms with Crippen molar-refractivity contribution >= 4 is 28.8 Å². The standard InChI is InChI=1S/C15H12ClN3O2S/c1-10-8-13(18-21-10)14(20)17-15-19(6-7-22-15)9-11-4-2-3-5-12(11)16/h2-8H,9H2,1H3. The van der Waals surface area contributed by atoms with Gasteiger partial charge in [-0.15, -0.1) is 11.3 Å². The average Bonchev–Trinajstić information content (AvgIpc) is 3.11. The van der Waals surface area contributed by atoms with E-state index in [1.165, 1.54) is 11.3 Å². The van der Waals surface area contributed by atoms with Gasteiger partial charge in [0.1, 0.15) is 5.76 Å². The molecule has 2 heterocycles. The van der Waals surface area contributed by atoms with E-state index in [4.69, 9.17) is 16.1 Å². The molecule has 0 N–H and O–H groups in total. The van der Waals surface area contributed by atoms with E-state index in [1.807, 2.05) is 40.4 Å². The van der Waals surface area contributed by atoms with Gasteiger partial charge >= 0.3 is 5.91 Å². The van der Waals surface area contributed by atoms with Gasteiger partial charge in [0.15, 0.2) is 10.5 Å². The van der Waals surface area contributed by atoms with Crippen LogP contribution in [0.25, 0.3) is 0 Å². The molecule has 22 heavy (non-hydrogen) atoms. The molecule has 1 aromatic carbocycles. The Kier molecular flexibility index (Phi) is 4.22. The minimum absolute atomic E-state index is 0.204. The molecule has 0 bridgehead atoms. The first-order chi connectivity index (χ1) is 10.6. The molecule has 2 aromatic heterocycles. The summed E-state index contributed by atoms with van der Waals surface area (Å²) in [4.78, 5) is 16.8. The van der Waals surface area contributed by atoms with Crippen LogP contribution in [0, 0.1) is 6.92 Å². The number of halogens is 1. The number of nitrogens with zero attached hydrogens (tertiary/aromatic N) is 3. The molecule has 0 spiro atoms. The fraction of sp³-hybridized carbons (Fsp3) is 0.133. The molecule has 7 heteroatoms. The van der Waals surface area contributed by atoms with Crippen LogP contribution in [0.5, 0.6) is 0 Å². The van der Waals surface area contributed by atoms with Crippen molar-refractivity contribution in [3.63, 3.8) is 0 Å². The molecule has 0 radical (unpaired) electrons. The Balaban J connectivity index is 1.90. The number of aryl methyl sites for hydroxylation is 1. The normalized spacial score (nSPS) is 11.8. The maximum absolute atomic E-state index is 12.1. The van der Waals surface area contributed by atoms with Crippen molar-refractivity contribution < 1.29 is 9.32 Å². The zero-order valence-corrected chi connectivity index (χ0v) is 13.3. The maximum Gasteiger partial charge on any atom is 0.301 e. The molecule has 0 unspecified atom stereocenters. The average molecular weight is 334 g/mol. The van der Waals surface area contributed by atoms with Crippen LogP contribution in [0.15, 0.2) is 51.4 Å². The van der Waals surface area contributed by atoms with E-state index in [9.17, 15) is 4.79 Å². The van der Waals surface area contributed by atoms with E-state index < -0.39 is 5.91 Å². The van der Waals surface area contributed by atoms with Crippen LogP contribution in [0.1, 0.15) is 21.8 Å². The largest absolute Gasteiger partial charge is 0.361 e. The van der Waals surface area contributed by atoms with Crippen molar-refractivity contribution in [2.45, 2.75) is 13.5 Å². The molecule has 0 atom stereocenters. The van der Waals surface area contributed by atoms with Crippen LogP contribution in [0.4, 0.5) is 0 Å². The summed E-state index contributed by atoms with van der Waals surface area (Å²) in [5.41, 5.74) is 1.17. The topological polar surface area (TPSA) is 60.4 Å². The van der Waals surface area contributed by atoms with Gasteiger partial charge in [-0.25, -0.2) is 0 Å². The smallest absolute Gasteiger partial charge is 0.301 e. The van der Waals surface area contributed by atoms with Crippen LogP contribution < -0.4 is 4.80 Å². The predicted molar refractivity (Wildman–Crippen MR) is 84.0 cm³/mol. The van der Waals surface area contributed by atoms with Crippen molar-refractivity contribution in [1.29, 1.82) is 0 Å². The quantitative estimate of drug-likeness (QED) is 0.739. The number of hydrogen-bond donors (Lipinski definition) is 0. The third-order valence-electron chi connectivity index (χ3n) is 3.00. The van der Waals surface area contributed by atoms with Gasteiger partial charge in [0, 0.05) is 22.7 Å². The highest BCUT2D eigenvalue weighted by atomic mass is 35.5. The first-order valence-corrected chi connectivity index (χ1v) is 7.79. The van der Waals surface area contributed by atoms with E-state index in [0.29, 0.717) is 22.1 Å². The van der Waals surface area contributed by atoms with Crippen LogP contribution in [0.2, 0.25) is 5.02 Å². The lowest BCUT2D eigenvalue weighted by Gasteiger charge is -2.05. The summed E-state index contributed by atoms with van der Waals surface area (Å²) in [5, 5.41) is 6.24. The maximum atomic E-state index is 12.1. The summed E-state index contributed by atoms with van der Waals surface area (Å²) in [6.07, 6.45) is 1.87. The summed E-state index contributed by atoms with van der Waals surface area (Å²) in [5.74, 6) is 0.154. The molecular formula is C15H12ClN3O2S. The van der Waals surface area contributed by atoms with Gasteiger partial charge in [-0.1, -0.05) is 35.0 Å². The molecule has 0 fully saturated rings. The Morgan fingerprint density at radius 3 is 3.00 bits per heavy atom. The summed E-state index contributed by atoms with van der Waals surface area (Å²) in [6, 6.07) is 9.15. The number of carbonyl (C=O) groups is 1. The second-order valence-electron chi connectivity index (χ2n) is 4.64. The molecule has 1 amide bonds. The van der Waals surface area contributed by atoms with Gasteiger partial charge in [0.2, 0.25) is 0 Å². The van der Waals surface area contributed by atoms with Gasteiger partial charge in [-0.2, -0.15) is 4.99 Å². The second-order valence-corrected chi connectivity index (χ2v) is 5.92. The highest BCUT2D eigenvalue weighted by molar-refractivity contribution is 7.07. The highest BCUT2D eigenvalue weighted by Crippen LogP contribution is 2.15. The number of hydrogen-bond acceptors (Lipinski definition) is 4. The predicted octanol–water partition coefficient (Wildman–Crippen LogP) is 3.29. The van der Waals surface area contributed by atoms with Gasteiger partial charge in [-0.3, -0.25) is 4.79 Å². The van der Waals surface area contributed by atoms with Crippen molar-refractivity contribution in [2.75, 3.05) is 0 Å². The molecule has 3 aromatic rings. The second kappa shape index (κ2) is 6.29. The Morgan fingerprint density at radius 2 is 2.27 bits per heavy atom. The van der Waals surface area contributed by atoms with Crippen LogP contribution in [0.3, 0.4) is 0 Å². The Labute approximate surface area is 135 Å². The Morgan fingerprint density at radius 1 is 1.45 bits per heavy atom. The fourth-order valence-corrected chi connectivity index (χ4v) is 2.85. The first kappa shape index (κ1) is 14.7. The molecule has 0 aliphatic carbocycles. The lowest BCUT2D eigenvalue weighted by atomic mass is 10.2. The summed E-state index contributed by atoms with van der Waals surface area (Å²) < 4.78 is 6.77. The number of benzene rings is 1. The molecule has 0 aliphatic heterocycles. The summed E-state index contributed by atoms with van der Waals surface area (Å²) in [6.45, 7) is 2.28. The van der Waals surface area contributed by atoms with E-state index in [1.54, 1.807) is 13.0 Å². The lowest BCUT2D eigenvalue weighted by molar-refractivity contribution is 0.0989. The molecular weight excluding hydrogens is 322 g/mol. The number of aromatic nitrogens is 2. The van der Waals surface area contributed by atoms with E-state index in [2.05, 4.69) is 10.1 Å². The molecule has 112 valence electrons. The van der Waals surface area contributed by atoms with Gasteiger partial charge in [-0.05, 0) is 18.6 Å². The van der Waals surface area contributed by atoms with Crippen molar-refractivity contribution in [1.82, 2.24) is 9.72 Å². The van der Waals surface area contributed by atoms with Gasteiger partial charge in [0.25, 0.3) is 0 Å². The molecule has 0 saturated carbocycles. The summed E-state index contributed by atoms with van der Waals surface area (Å²) >= 11 is 7.55. The molecule has 0 saturated heterocycles. The number of rotatable bonds is 3. The van der Waals surface area contributed by atoms with Crippen LogP contribution in [-0.2, 0) is 6.54 Å². The first-order valence-electron chi connectivity index (χ1n) is 6.53. The molecule has 5 nitrogen and oxygen atoms in total. The van der Waals surface area contributed by atoms with Crippen LogP contribution >= 0.6 is 22.9 Å². The highest BCUT2D eigenvalue weighted by Gasteiger charge is 2.10. The fourth-order valence-electron chi connectivity index (χ4n) is 1.93. The van der Waals surface area contributed by atoms with E-state index >= 15 is 0 Å². The minimum atomic E-state index is -0.424. The zero-order chi connectivity index (χ0) is 15.5. The Hall–Kier alpha value is -2.18. The van der Waals surface area contributed by atoms with Crippen LogP contribution in [-0.4, -0.2) is 15.6 Å². The number of carbonyl (C=O) groups excluding carboxylic acids is 1. The lowest BCUT2D eigenvalue weighted by Crippen LogP contribution is -2.17. The monoisotopic (exact) mass is 333 g/mol. The number of amides is 1. The van der Waals surface area contributed by atoms with Gasteiger partial charge < -0.3 is 9.09 Å². The molecule has 3 rings (SSSR count). The van der Waals surface area contributed by atoms with E-state index in [-0.39, 0.29) is 5.69 Å². The van der Waals surface area contributed by atoms with Gasteiger partial charge in [0.05, 0.1) is 6.54 Å². The zero-order valence-electron chi connectivity index (χ0n) is 11.7. The summed E-state index contributed by atoms with van der Waals surface area (Å²) in [7, 11) is 0. The molecule has 0 aliphatic rings. The SMILES string of the molecule is Cc1cc(C(=O)N=c2sccn2Cc2ccccc2Cl)no1. The van der Waals surface area contributed by atoms with Crippen molar-refractivity contribution in [3.8, 4) is 0 Å².